The van der Waals surface area contributed by atoms with Crippen LogP contribution in [0.1, 0.15) is 11.1 Å². The van der Waals surface area contributed by atoms with Crippen molar-refractivity contribution >= 4 is 5.76 Å². The minimum atomic E-state index is -0.314. The molecule has 13 heavy (non-hydrogen) atoms. The van der Waals surface area contributed by atoms with Gasteiger partial charge in [0, 0.05) is 12.1 Å². The summed E-state index contributed by atoms with van der Waals surface area (Å²) in [6.45, 7) is 3.99. The van der Waals surface area contributed by atoms with Crippen LogP contribution in [0.4, 0.5) is 4.39 Å². The lowest BCUT2D eigenvalue weighted by Gasteiger charge is -2.09. The van der Waals surface area contributed by atoms with Crippen LogP contribution in [-0.2, 0) is 11.3 Å². The molecule has 1 rings (SSSR count). The molecule has 0 amide bonds. The maximum atomic E-state index is 12.8. The lowest BCUT2D eigenvalue weighted by atomic mass is 10.1. The molecule has 2 nitrogen and oxygen atoms in total. The lowest BCUT2D eigenvalue weighted by Crippen LogP contribution is -2.02. The largest absolute Gasteiger partial charge is 0.497 e. The third kappa shape index (κ3) is 2.06. The van der Waals surface area contributed by atoms with Gasteiger partial charge >= 0.3 is 0 Å². The fourth-order valence-electron chi connectivity index (χ4n) is 1.10. The quantitative estimate of drug-likeness (QED) is 0.723. The highest BCUT2D eigenvalue weighted by molar-refractivity contribution is 5.61. The molecule has 0 heterocycles. The predicted molar refractivity (Wildman–Crippen MR) is 50.3 cm³/mol. The second kappa shape index (κ2) is 4.05. The lowest BCUT2D eigenvalue weighted by molar-refractivity contribution is 0.370. The molecule has 0 aromatic heterocycles. The van der Waals surface area contributed by atoms with Crippen molar-refractivity contribution in [2.24, 2.45) is 5.73 Å². The molecule has 0 aliphatic heterocycles. The third-order valence-corrected chi connectivity index (χ3v) is 1.84. The first-order chi connectivity index (χ1) is 6.19. The molecule has 0 saturated heterocycles. The average Bonchev–Trinajstić information content (AvgIpc) is 2.16. The molecular formula is C10H12FNO. The van der Waals surface area contributed by atoms with Crippen LogP contribution in [-0.4, -0.2) is 7.11 Å². The van der Waals surface area contributed by atoms with Crippen LogP contribution >= 0.6 is 0 Å². The Balaban J connectivity index is 3.15. The Morgan fingerprint density at radius 2 is 2.31 bits per heavy atom. The third-order valence-electron chi connectivity index (χ3n) is 1.84. The van der Waals surface area contributed by atoms with Crippen LogP contribution < -0.4 is 5.73 Å². The molecule has 0 aliphatic rings. The molecule has 2 N–H and O–H groups in total. The Hall–Kier alpha value is -1.35. The van der Waals surface area contributed by atoms with Gasteiger partial charge in [0.05, 0.1) is 7.11 Å². The van der Waals surface area contributed by atoms with Crippen molar-refractivity contribution in [3.63, 3.8) is 0 Å². The fourth-order valence-corrected chi connectivity index (χ4v) is 1.10. The number of hydrogen-bond donors (Lipinski definition) is 1. The molecule has 1 aromatic carbocycles. The molecule has 0 atom stereocenters. The highest BCUT2D eigenvalue weighted by atomic mass is 19.1. The second-order valence-corrected chi connectivity index (χ2v) is 2.63. The van der Waals surface area contributed by atoms with Crippen LogP contribution in [0.2, 0.25) is 0 Å². The highest BCUT2D eigenvalue weighted by Gasteiger charge is 2.06. The first kappa shape index (κ1) is 9.74. The summed E-state index contributed by atoms with van der Waals surface area (Å²) in [5.74, 6) is 0.116. The molecule has 0 saturated carbocycles. The van der Waals surface area contributed by atoms with E-state index in [1.54, 1.807) is 6.07 Å². The summed E-state index contributed by atoms with van der Waals surface area (Å²) < 4.78 is 17.8. The zero-order chi connectivity index (χ0) is 9.84. The molecule has 0 fully saturated rings. The summed E-state index contributed by atoms with van der Waals surface area (Å²) in [6, 6.07) is 4.37. The van der Waals surface area contributed by atoms with Gasteiger partial charge < -0.3 is 10.5 Å². The van der Waals surface area contributed by atoms with Crippen molar-refractivity contribution < 1.29 is 9.13 Å². The predicted octanol–water partition coefficient (Wildman–Crippen LogP) is 1.90. The van der Waals surface area contributed by atoms with Crippen LogP contribution in [0.3, 0.4) is 0 Å². The van der Waals surface area contributed by atoms with E-state index in [0.717, 1.165) is 5.56 Å². The first-order valence-electron chi connectivity index (χ1n) is 3.90. The molecule has 0 radical (unpaired) electrons. The number of hydrogen-bond acceptors (Lipinski definition) is 2. The van der Waals surface area contributed by atoms with Gasteiger partial charge in [0.2, 0.25) is 0 Å². The van der Waals surface area contributed by atoms with E-state index in [0.29, 0.717) is 17.9 Å². The van der Waals surface area contributed by atoms with Gasteiger partial charge in [-0.15, -0.1) is 0 Å². The average molecular weight is 181 g/mol. The molecule has 1 aromatic rings. The summed E-state index contributed by atoms with van der Waals surface area (Å²) in [7, 11) is 1.49. The molecular weight excluding hydrogens is 169 g/mol. The smallest absolute Gasteiger partial charge is 0.123 e. The SMILES string of the molecule is C=C(OC)c1cc(F)ccc1CN. The molecule has 0 aliphatic carbocycles. The van der Waals surface area contributed by atoms with Gasteiger partial charge in [-0.2, -0.15) is 0 Å². The summed E-state index contributed by atoms with van der Waals surface area (Å²) in [5.41, 5.74) is 6.93. The van der Waals surface area contributed by atoms with E-state index in [1.165, 1.54) is 19.2 Å². The Kier molecular flexibility index (Phi) is 3.03. The summed E-state index contributed by atoms with van der Waals surface area (Å²) in [4.78, 5) is 0. The summed E-state index contributed by atoms with van der Waals surface area (Å²) in [5, 5.41) is 0. The highest BCUT2D eigenvalue weighted by Crippen LogP contribution is 2.19. The van der Waals surface area contributed by atoms with Crippen LogP contribution in [0.5, 0.6) is 0 Å². The Morgan fingerprint density at radius 3 is 2.85 bits per heavy atom. The Labute approximate surface area is 76.8 Å². The van der Waals surface area contributed by atoms with Crippen molar-refractivity contribution in [3.05, 3.63) is 41.7 Å². The van der Waals surface area contributed by atoms with Crippen LogP contribution in [0.25, 0.3) is 5.76 Å². The summed E-state index contributed by atoms with van der Waals surface area (Å²) in [6.07, 6.45) is 0. The van der Waals surface area contributed by atoms with E-state index < -0.39 is 0 Å². The topological polar surface area (TPSA) is 35.2 Å². The van der Waals surface area contributed by atoms with Crippen molar-refractivity contribution in [3.8, 4) is 0 Å². The summed E-state index contributed by atoms with van der Waals surface area (Å²) >= 11 is 0. The van der Waals surface area contributed by atoms with E-state index >= 15 is 0 Å². The fraction of sp³-hybridized carbons (Fsp3) is 0.200. The van der Waals surface area contributed by atoms with Crippen LogP contribution in [0, 0.1) is 5.82 Å². The van der Waals surface area contributed by atoms with Crippen molar-refractivity contribution in [2.45, 2.75) is 6.54 Å². The molecule has 70 valence electrons. The number of ether oxygens (including phenoxy) is 1. The standard InChI is InChI=1S/C10H12FNO/c1-7(13-2)10-5-9(11)4-3-8(10)6-12/h3-5H,1,6,12H2,2H3. The first-order valence-corrected chi connectivity index (χ1v) is 3.90. The maximum Gasteiger partial charge on any atom is 0.123 e. The monoisotopic (exact) mass is 181 g/mol. The van der Waals surface area contributed by atoms with Gasteiger partial charge in [-0.25, -0.2) is 4.39 Å². The minimum Gasteiger partial charge on any atom is -0.497 e. The van der Waals surface area contributed by atoms with Gasteiger partial charge in [0.15, 0.2) is 0 Å². The molecule has 0 unspecified atom stereocenters. The van der Waals surface area contributed by atoms with E-state index in [-0.39, 0.29) is 5.82 Å². The van der Waals surface area contributed by atoms with E-state index in [1.807, 2.05) is 0 Å². The number of methoxy groups -OCH3 is 1. The van der Waals surface area contributed by atoms with Gasteiger partial charge in [0.1, 0.15) is 11.6 Å². The van der Waals surface area contributed by atoms with Gasteiger partial charge in [0.25, 0.3) is 0 Å². The normalized spacial score (nSPS) is 9.77. The maximum absolute atomic E-state index is 12.8. The molecule has 0 bridgehead atoms. The van der Waals surface area contributed by atoms with Crippen molar-refractivity contribution in [2.75, 3.05) is 7.11 Å². The number of halogens is 1. The minimum absolute atomic E-state index is 0.314. The van der Waals surface area contributed by atoms with Crippen molar-refractivity contribution in [1.29, 1.82) is 0 Å². The molecule has 3 heteroatoms. The number of benzene rings is 1. The zero-order valence-electron chi connectivity index (χ0n) is 7.51. The van der Waals surface area contributed by atoms with Gasteiger partial charge in [-0.05, 0) is 17.7 Å². The van der Waals surface area contributed by atoms with Gasteiger partial charge in [-0.1, -0.05) is 12.6 Å². The second-order valence-electron chi connectivity index (χ2n) is 2.63. The molecule has 0 spiro atoms. The van der Waals surface area contributed by atoms with E-state index in [9.17, 15) is 4.39 Å². The Morgan fingerprint density at radius 1 is 1.62 bits per heavy atom. The Bertz CT molecular complexity index is 323. The number of nitrogens with two attached hydrogens (primary N) is 1. The van der Waals surface area contributed by atoms with E-state index in [2.05, 4.69) is 6.58 Å². The van der Waals surface area contributed by atoms with E-state index in [4.69, 9.17) is 10.5 Å². The van der Waals surface area contributed by atoms with Gasteiger partial charge in [-0.3, -0.25) is 0 Å². The van der Waals surface area contributed by atoms with Crippen LogP contribution in [0.15, 0.2) is 24.8 Å². The number of rotatable bonds is 3. The zero-order valence-corrected chi connectivity index (χ0v) is 7.51. The van der Waals surface area contributed by atoms with Crippen molar-refractivity contribution in [1.82, 2.24) is 0 Å².